The molecule has 19 heavy (non-hydrogen) atoms. The molecule has 0 spiro atoms. The van der Waals surface area contributed by atoms with Crippen LogP contribution in [0.25, 0.3) is 0 Å². The Labute approximate surface area is 114 Å². The lowest BCUT2D eigenvalue weighted by Gasteiger charge is -2.26. The zero-order chi connectivity index (χ0) is 15.1. The fourth-order valence-corrected chi connectivity index (χ4v) is 1.12. The van der Waals surface area contributed by atoms with Gasteiger partial charge in [0.15, 0.2) is 0 Å². The first-order chi connectivity index (χ1) is 8.97. The summed E-state index contributed by atoms with van der Waals surface area (Å²) in [5.74, 6) is -0.963. The van der Waals surface area contributed by atoms with Crippen LogP contribution in [0.15, 0.2) is 25.3 Å². The van der Waals surface area contributed by atoms with Gasteiger partial charge in [-0.15, -0.1) is 0 Å². The van der Waals surface area contributed by atoms with Crippen molar-refractivity contribution in [3.63, 3.8) is 0 Å². The largest absolute Gasteiger partial charge is 0.366 e. The summed E-state index contributed by atoms with van der Waals surface area (Å²) in [4.78, 5) is 21.3. The van der Waals surface area contributed by atoms with Crippen molar-refractivity contribution >= 4 is 11.8 Å². The second-order valence-corrected chi connectivity index (χ2v) is 3.59. The molecule has 0 aromatic rings. The summed E-state index contributed by atoms with van der Waals surface area (Å²) in [7, 11) is 0. The molecule has 1 saturated heterocycles. The number of amides is 2. The van der Waals surface area contributed by atoms with Crippen LogP contribution in [0.4, 0.5) is 0 Å². The summed E-state index contributed by atoms with van der Waals surface area (Å²) in [5.41, 5.74) is 14.5. The normalized spacial score (nSPS) is 13.9. The van der Waals surface area contributed by atoms with Crippen LogP contribution in [0.2, 0.25) is 0 Å². The van der Waals surface area contributed by atoms with E-state index in [1.54, 1.807) is 0 Å². The lowest BCUT2D eigenvalue weighted by molar-refractivity contribution is -0.114. The van der Waals surface area contributed by atoms with Crippen LogP contribution in [0.1, 0.15) is 0 Å². The third-order valence-corrected chi connectivity index (χ3v) is 2.06. The first-order valence-electron chi connectivity index (χ1n) is 5.94. The molecule has 0 radical (unpaired) electrons. The Hall–Kier alpha value is -1.70. The Bertz CT molecular complexity index is 255. The number of piperazine rings is 1. The number of hydrogen-bond acceptors (Lipinski definition) is 5. The predicted octanol–water partition coefficient (Wildman–Crippen LogP) is -1.83. The number of nitrogens with zero attached hydrogens (tertiary/aromatic N) is 1. The van der Waals surface area contributed by atoms with Crippen LogP contribution in [0, 0.1) is 0 Å². The van der Waals surface area contributed by atoms with Crippen molar-refractivity contribution in [2.75, 3.05) is 39.3 Å². The van der Waals surface area contributed by atoms with E-state index in [0.717, 1.165) is 51.4 Å². The lowest BCUT2D eigenvalue weighted by atomic mass is 10.3. The van der Waals surface area contributed by atoms with Gasteiger partial charge in [0.2, 0.25) is 11.8 Å². The van der Waals surface area contributed by atoms with Crippen molar-refractivity contribution in [2.45, 2.75) is 0 Å². The highest BCUT2D eigenvalue weighted by Crippen LogP contribution is 1.88. The molecule has 1 aliphatic rings. The van der Waals surface area contributed by atoms with Crippen molar-refractivity contribution < 1.29 is 9.59 Å². The number of rotatable bonds is 4. The summed E-state index contributed by atoms with van der Waals surface area (Å²) in [6.45, 7) is 12.6. The van der Waals surface area contributed by atoms with Gasteiger partial charge in [0.25, 0.3) is 0 Å². The van der Waals surface area contributed by atoms with E-state index in [2.05, 4.69) is 34.8 Å². The second-order valence-electron chi connectivity index (χ2n) is 3.59. The summed E-state index contributed by atoms with van der Waals surface area (Å²) >= 11 is 0. The number of nitrogens with one attached hydrogen (secondary N) is 1. The summed E-state index contributed by atoms with van der Waals surface area (Å²) in [6.07, 6.45) is 2.11. The standard InChI is InChI=1S/C6H15N3.2C3H5NO/c7-1-4-9-5-2-8-3-6-9;2*1-2-3(4)5/h8H,1-7H2;2*2H,1H2,(H2,4,5). The Balaban J connectivity index is 0. The third-order valence-electron chi connectivity index (χ3n) is 2.06. The molecule has 1 aliphatic heterocycles. The molecule has 1 rings (SSSR count). The van der Waals surface area contributed by atoms with E-state index < -0.39 is 11.8 Å². The molecule has 0 unspecified atom stereocenters. The van der Waals surface area contributed by atoms with Crippen LogP contribution in [-0.2, 0) is 9.59 Å². The molecule has 1 heterocycles. The van der Waals surface area contributed by atoms with Crippen molar-refractivity contribution in [1.29, 1.82) is 0 Å². The van der Waals surface area contributed by atoms with E-state index in [1.165, 1.54) is 0 Å². The van der Waals surface area contributed by atoms with Gasteiger partial charge in [0, 0.05) is 39.3 Å². The Morgan fingerprint density at radius 1 is 1.11 bits per heavy atom. The Morgan fingerprint density at radius 2 is 1.47 bits per heavy atom. The van der Waals surface area contributed by atoms with Crippen LogP contribution >= 0.6 is 0 Å². The molecule has 1 fully saturated rings. The van der Waals surface area contributed by atoms with Crippen LogP contribution in [-0.4, -0.2) is 56.0 Å². The molecule has 0 aliphatic carbocycles. The SMILES string of the molecule is C=CC(N)=O.C=CC(N)=O.NCCN1CCNCC1. The minimum absolute atomic E-state index is 0.481. The number of carbonyl (C=O) groups excluding carboxylic acids is 2. The van der Waals surface area contributed by atoms with Gasteiger partial charge in [-0.3, -0.25) is 14.5 Å². The topological polar surface area (TPSA) is 127 Å². The molecule has 0 aromatic heterocycles. The smallest absolute Gasteiger partial charge is 0.240 e. The molecular weight excluding hydrogens is 246 g/mol. The van der Waals surface area contributed by atoms with Crippen LogP contribution in [0.3, 0.4) is 0 Å². The summed E-state index contributed by atoms with van der Waals surface area (Å²) < 4.78 is 0. The Kier molecular flexibility index (Phi) is 14.8. The average Bonchev–Trinajstić information content (AvgIpc) is 2.41. The molecular formula is C12H25N5O2. The maximum Gasteiger partial charge on any atom is 0.240 e. The number of carbonyl (C=O) groups is 2. The quantitative estimate of drug-likeness (QED) is 0.447. The predicted molar refractivity (Wildman–Crippen MR) is 77.1 cm³/mol. The van der Waals surface area contributed by atoms with Crippen molar-refractivity contribution in [2.24, 2.45) is 17.2 Å². The van der Waals surface area contributed by atoms with Gasteiger partial charge >= 0.3 is 0 Å². The minimum Gasteiger partial charge on any atom is -0.366 e. The van der Waals surface area contributed by atoms with Gasteiger partial charge in [-0.25, -0.2) is 0 Å². The fraction of sp³-hybridized carbons (Fsp3) is 0.500. The van der Waals surface area contributed by atoms with E-state index in [9.17, 15) is 9.59 Å². The van der Waals surface area contributed by atoms with Gasteiger partial charge in [-0.2, -0.15) is 0 Å². The van der Waals surface area contributed by atoms with Gasteiger partial charge in [0.05, 0.1) is 0 Å². The number of primary amides is 2. The molecule has 7 nitrogen and oxygen atoms in total. The lowest BCUT2D eigenvalue weighted by Crippen LogP contribution is -2.45. The highest BCUT2D eigenvalue weighted by Gasteiger charge is 2.06. The van der Waals surface area contributed by atoms with Gasteiger partial charge in [-0.1, -0.05) is 13.2 Å². The maximum absolute atomic E-state index is 9.47. The molecule has 2 amide bonds. The number of nitrogens with two attached hydrogens (primary N) is 3. The van der Waals surface area contributed by atoms with Gasteiger partial charge in [-0.05, 0) is 12.2 Å². The van der Waals surface area contributed by atoms with Gasteiger partial charge < -0.3 is 22.5 Å². The zero-order valence-corrected chi connectivity index (χ0v) is 11.3. The molecule has 110 valence electrons. The summed E-state index contributed by atoms with van der Waals surface area (Å²) in [5, 5.41) is 3.29. The molecule has 7 heteroatoms. The molecule has 0 aromatic carbocycles. The van der Waals surface area contributed by atoms with Crippen molar-refractivity contribution in [3.05, 3.63) is 25.3 Å². The monoisotopic (exact) mass is 271 g/mol. The highest BCUT2D eigenvalue weighted by molar-refractivity contribution is 5.85. The second kappa shape index (κ2) is 14.4. The fourth-order valence-electron chi connectivity index (χ4n) is 1.12. The zero-order valence-electron chi connectivity index (χ0n) is 11.3. The van der Waals surface area contributed by atoms with E-state index >= 15 is 0 Å². The first kappa shape index (κ1) is 19.6. The maximum atomic E-state index is 9.47. The highest BCUT2D eigenvalue weighted by atomic mass is 16.1. The number of hydrogen-bond donors (Lipinski definition) is 4. The molecule has 0 saturated carbocycles. The van der Waals surface area contributed by atoms with Crippen LogP contribution < -0.4 is 22.5 Å². The van der Waals surface area contributed by atoms with E-state index in [-0.39, 0.29) is 0 Å². The van der Waals surface area contributed by atoms with E-state index in [4.69, 9.17) is 5.73 Å². The Morgan fingerprint density at radius 3 is 1.74 bits per heavy atom. The first-order valence-corrected chi connectivity index (χ1v) is 5.94. The summed E-state index contributed by atoms with van der Waals surface area (Å²) in [6, 6.07) is 0. The molecule has 0 atom stereocenters. The third kappa shape index (κ3) is 18.8. The average molecular weight is 271 g/mol. The van der Waals surface area contributed by atoms with Gasteiger partial charge in [0.1, 0.15) is 0 Å². The molecule has 0 bridgehead atoms. The van der Waals surface area contributed by atoms with E-state index in [1.807, 2.05) is 0 Å². The minimum atomic E-state index is -0.481. The van der Waals surface area contributed by atoms with E-state index in [0.29, 0.717) is 0 Å². The molecule has 7 N–H and O–H groups in total. The van der Waals surface area contributed by atoms with Crippen LogP contribution in [0.5, 0.6) is 0 Å². The van der Waals surface area contributed by atoms with Crippen molar-refractivity contribution in [1.82, 2.24) is 10.2 Å². The van der Waals surface area contributed by atoms with Crippen molar-refractivity contribution in [3.8, 4) is 0 Å².